The summed E-state index contributed by atoms with van der Waals surface area (Å²) in [6, 6.07) is 18.4. The van der Waals surface area contributed by atoms with Gasteiger partial charge in [0.1, 0.15) is 17.7 Å². The van der Waals surface area contributed by atoms with Crippen LogP contribution in [0, 0.1) is 25.5 Å². The van der Waals surface area contributed by atoms with Crippen LogP contribution < -0.4 is 10.5 Å². The summed E-state index contributed by atoms with van der Waals surface area (Å²) in [7, 11) is 0. The van der Waals surface area contributed by atoms with Crippen LogP contribution in [-0.4, -0.2) is 56.3 Å². The van der Waals surface area contributed by atoms with Gasteiger partial charge in [0.2, 0.25) is 0 Å². The molecule has 3 heterocycles. The molecule has 1 aliphatic rings. The first-order valence-corrected chi connectivity index (χ1v) is 13.3. The number of H-pyrrole nitrogens is 1. The summed E-state index contributed by atoms with van der Waals surface area (Å²) in [6.45, 7) is 6.61. The van der Waals surface area contributed by atoms with Gasteiger partial charge in [0, 0.05) is 42.6 Å². The number of pyridine rings is 1. The van der Waals surface area contributed by atoms with Gasteiger partial charge in [-0.1, -0.05) is 30.3 Å². The summed E-state index contributed by atoms with van der Waals surface area (Å²) < 4.78 is 29.7. The minimum absolute atomic E-state index is 0.213. The molecule has 1 atom stereocenters. The van der Waals surface area contributed by atoms with Crippen molar-refractivity contribution in [1.82, 2.24) is 30.1 Å². The lowest BCUT2D eigenvalue weighted by Crippen LogP contribution is -2.49. The summed E-state index contributed by atoms with van der Waals surface area (Å²) in [5, 5.41) is 13.5. The molecule has 204 valence electrons. The summed E-state index contributed by atoms with van der Waals surface area (Å²) in [4.78, 5) is 20.9. The number of anilines is 1. The molecule has 0 bridgehead atoms. The highest BCUT2D eigenvalue weighted by Crippen LogP contribution is 2.30. The lowest BCUT2D eigenvalue weighted by Gasteiger charge is -2.39. The van der Waals surface area contributed by atoms with E-state index in [4.69, 9.17) is 0 Å². The quantitative estimate of drug-likeness (QED) is 0.344. The molecule has 10 heteroatoms. The molecule has 8 nitrogen and oxygen atoms in total. The van der Waals surface area contributed by atoms with Crippen molar-refractivity contribution in [2.24, 2.45) is 0 Å². The van der Waals surface area contributed by atoms with Gasteiger partial charge in [-0.25, -0.2) is 13.5 Å². The van der Waals surface area contributed by atoms with Crippen LogP contribution in [0.3, 0.4) is 0 Å². The van der Waals surface area contributed by atoms with E-state index in [0.29, 0.717) is 49.8 Å². The molecule has 0 spiro atoms. The summed E-state index contributed by atoms with van der Waals surface area (Å²) in [6.07, 6.45) is 0. The third kappa shape index (κ3) is 4.98. The molecule has 5 aromatic rings. The van der Waals surface area contributed by atoms with Crippen LogP contribution in [0.4, 0.5) is 14.5 Å². The topological polar surface area (TPSA) is 82.9 Å². The van der Waals surface area contributed by atoms with Crippen molar-refractivity contribution in [1.29, 1.82) is 0 Å². The second kappa shape index (κ2) is 10.6. The third-order valence-corrected chi connectivity index (χ3v) is 7.56. The summed E-state index contributed by atoms with van der Waals surface area (Å²) in [5.41, 5.74) is 4.62. The Morgan fingerprint density at radius 3 is 2.45 bits per heavy atom. The number of benzene rings is 3. The Morgan fingerprint density at radius 2 is 1.70 bits per heavy atom. The van der Waals surface area contributed by atoms with Crippen LogP contribution >= 0.6 is 0 Å². The van der Waals surface area contributed by atoms with Crippen LogP contribution in [-0.2, 0) is 6.54 Å². The first-order chi connectivity index (χ1) is 19.4. The number of rotatable bonds is 6. The highest BCUT2D eigenvalue weighted by molar-refractivity contribution is 5.83. The second-order valence-electron chi connectivity index (χ2n) is 10.3. The highest BCUT2D eigenvalue weighted by atomic mass is 19.1. The molecule has 0 unspecified atom stereocenters. The maximum atomic E-state index is 14.5. The van der Waals surface area contributed by atoms with Gasteiger partial charge in [-0.15, -0.1) is 5.10 Å². The number of halogens is 2. The Hall–Kier alpha value is -4.44. The third-order valence-electron chi connectivity index (χ3n) is 7.56. The molecule has 1 N–H and O–H groups in total. The number of piperazine rings is 1. The molecular formula is C30H29F2N7O. The Morgan fingerprint density at radius 1 is 0.950 bits per heavy atom. The van der Waals surface area contributed by atoms with E-state index in [0.717, 1.165) is 27.6 Å². The first kappa shape index (κ1) is 25.8. The molecule has 40 heavy (non-hydrogen) atoms. The molecule has 1 fully saturated rings. The molecule has 0 amide bonds. The first-order valence-electron chi connectivity index (χ1n) is 13.3. The molecular weight excluding hydrogens is 512 g/mol. The van der Waals surface area contributed by atoms with Crippen molar-refractivity contribution in [3.63, 3.8) is 0 Å². The lowest BCUT2D eigenvalue weighted by molar-refractivity contribution is 0.200. The van der Waals surface area contributed by atoms with Crippen LogP contribution in [0.1, 0.15) is 34.1 Å². The maximum Gasteiger partial charge on any atom is 0.253 e. The molecule has 0 radical (unpaired) electrons. The fourth-order valence-electron chi connectivity index (χ4n) is 5.60. The monoisotopic (exact) mass is 541 g/mol. The Labute approximate surface area is 229 Å². The molecule has 2 aromatic heterocycles. The number of para-hydroxylation sites is 1. The smallest absolute Gasteiger partial charge is 0.253 e. The average Bonchev–Trinajstić information content (AvgIpc) is 3.39. The lowest BCUT2D eigenvalue weighted by atomic mass is 9.99. The predicted octanol–water partition coefficient (Wildman–Crippen LogP) is 4.37. The number of nitrogens with one attached hydrogen (secondary N) is 1. The van der Waals surface area contributed by atoms with E-state index in [1.54, 1.807) is 28.9 Å². The van der Waals surface area contributed by atoms with Gasteiger partial charge in [-0.3, -0.25) is 9.69 Å². The van der Waals surface area contributed by atoms with Crippen LogP contribution in [0.25, 0.3) is 10.9 Å². The van der Waals surface area contributed by atoms with E-state index in [-0.39, 0.29) is 17.2 Å². The van der Waals surface area contributed by atoms with E-state index in [1.807, 2.05) is 36.9 Å². The zero-order valence-electron chi connectivity index (χ0n) is 22.3. The number of nitrogens with zero attached hydrogens (tertiary/aromatic N) is 6. The van der Waals surface area contributed by atoms with E-state index in [1.165, 1.54) is 18.2 Å². The standard InChI is InChI=1S/C30H29F2N7O/c1-19-15-20(2)23-17-24(30(40)33-26(23)16-19)28(29-34-35-36-39(29)18-21-7-9-22(31)10-8-21)38-13-11-37(12-14-38)27-6-4-3-5-25(27)32/h3-10,15-17,28H,11-14,18H2,1-2H3,(H,33,40)/t28-/m0/s1. The van der Waals surface area contributed by atoms with Crippen molar-refractivity contribution in [2.75, 3.05) is 31.1 Å². The van der Waals surface area contributed by atoms with E-state index in [9.17, 15) is 13.6 Å². The van der Waals surface area contributed by atoms with Gasteiger partial charge >= 0.3 is 0 Å². The molecule has 0 aliphatic carbocycles. The Kier molecular flexibility index (Phi) is 6.85. The fourth-order valence-corrected chi connectivity index (χ4v) is 5.60. The number of hydrogen-bond donors (Lipinski definition) is 1. The van der Waals surface area contributed by atoms with E-state index >= 15 is 0 Å². The van der Waals surface area contributed by atoms with Gasteiger partial charge in [-0.05, 0) is 77.4 Å². The minimum atomic E-state index is -0.549. The van der Waals surface area contributed by atoms with Crippen LogP contribution in [0.2, 0.25) is 0 Å². The minimum Gasteiger partial charge on any atom is -0.367 e. The highest BCUT2D eigenvalue weighted by Gasteiger charge is 2.33. The number of aromatic nitrogens is 5. The summed E-state index contributed by atoms with van der Waals surface area (Å²) in [5.74, 6) is -0.0645. The molecule has 6 rings (SSSR count). The van der Waals surface area contributed by atoms with Gasteiger partial charge in [0.15, 0.2) is 5.82 Å². The van der Waals surface area contributed by atoms with Gasteiger partial charge < -0.3 is 9.88 Å². The fraction of sp³-hybridized carbons (Fsp3) is 0.267. The van der Waals surface area contributed by atoms with Gasteiger partial charge in [0.05, 0.1) is 12.2 Å². The molecule has 3 aromatic carbocycles. The zero-order chi connectivity index (χ0) is 27.8. The van der Waals surface area contributed by atoms with E-state index < -0.39 is 6.04 Å². The number of aryl methyl sites for hydroxylation is 2. The Bertz CT molecular complexity index is 1720. The number of hydrogen-bond acceptors (Lipinski definition) is 6. The molecule has 1 saturated heterocycles. The van der Waals surface area contributed by atoms with Crippen LogP contribution in [0.5, 0.6) is 0 Å². The molecule has 0 saturated carbocycles. The van der Waals surface area contributed by atoms with Gasteiger partial charge in [-0.2, -0.15) is 0 Å². The number of aromatic amines is 1. The van der Waals surface area contributed by atoms with Crippen molar-refractivity contribution < 1.29 is 8.78 Å². The van der Waals surface area contributed by atoms with Crippen LogP contribution in [0.15, 0.2) is 71.5 Å². The average molecular weight is 542 g/mol. The predicted molar refractivity (Wildman–Crippen MR) is 149 cm³/mol. The largest absolute Gasteiger partial charge is 0.367 e. The number of tetrazole rings is 1. The van der Waals surface area contributed by atoms with E-state index in [2.05, 4.69) is 31.5 Å². The second-order valence-corrected chi connectivity index (χ2v) is 10.3. The van der Waals surface area contributed by atoms with Crippen molar-refractivity contribution in [2.45, 2.75) is 26.4 Å². The number of fused-ring (bicyclic) bond motifs is 1. The van der Waals surface area contributed by atoms with Crippen molar-refractivity contribution in [3.05, 3.63) is 117 Å². The summed E-state index contributed by atoms with van der Waals surface area (Å²) >= 11 is 0. The van der Waals surface area contributed by atoms with Gasteiger partial charge in [0.25, 0.3) is 5.56 Å². The molecule has 1 aliphatic heterocycles. The van der Waals surface area contributed by atoms with Crippen molar-refractivity contribution in [3.8, 4) is 0 Å². The zero-order valence-corrected chi connectivity index (χ0v) is 22.3. The van der Waals surface area contributed by atoms with Crippen molar-refractivity contribution >= 4 is 16.6 Å². The Balaban J connectivity index is 1.41. The SMILES string of the molecule is Cc1cc(C)c2cc([C@@H](c3nnnn3Cc3ccc(F)cc3)N3CCN(c4ccccc4F)CC3)c(=O)[nH]c2c1. The normalized spacial score (nSPS) is 15.1. The maximum absolute atomic E-state index is 14.5.